The molecule has 2 unspecified atom stereocenters. The van der Waals surface area contributed by atoms with Gasteiger partial charge in [0.25, 0.3) is 0 Å². The number of benzene rings is 2. The van der Waals surface area contributed by atoms with Gasteiger partial charge in [-0.3, -0.25) is 4.79 Å². The number of allylic oxidation sites excluding steroid dienone is 3. The number of halogens is 3. The molecule has 1 aliphatic heterocycles. The molecule has 1 aromatic heterocycles. The fourth-order valence-corrected chi connectivity index (χ4v) is 5.06. The van der Waals surface area contributed by atoms with Crippen molar-refractivity contribution in [3.05, 3.63) is 87.3 Å². The van der Waals surface area contributed by atoms with Crippen LogP contribution in [0.3, 0.4) is 0 Å². The van der Waals surface area contributed by atoms with Crippen LogP contribution in [0.15, 0.2) is 65.5 Å². The number of rotatable bonds is 3. The topological polar surface area (TPSA) is 45.3 Å². The number of nitrogens with one attached hydrogen (secondary N) is 1. The second-order valence-corrected chi connectivity index (χ2v) is 8.98. The zero-order valence-electron chi connectivity index (χ0n) is 17.4. The van der Waals surface area contributed by atoms with Gasteiger partial charge in [0, 0.05) is 34.6 Å². The van der Waals surface area contributed by atoms with E-state index in [0.717, 1.165) is 33.5 Å². The van der Waals surface area contributed by atoms with Crippen LogP contribution in [0.25, 0.3) is 10.9 Å². The normalized spacial score (nSPS) is 20.6. The number of hydrogen-bond donors (Lipinski definition) is 1. The van der Waals surface area contributed by atoms with E-state index in [9.17, 15) is 9.18 Å². The number of carbonyl (C=O) groups is 1. The lowest BCUT2D eigenvalue weighted by atomic mass is 9.89. The first-order valence-corrected chi connectivity index (χ1v) is 11.2. The summed E-state index contributed by atoms with van der Waals surface area (Å²) in [5.74, 6) is -0.303. The number of ether oxygens (including phenoxy) is 1. The van der Waals surface area contributed by atoms with Crippen LogP contribution in [0.4, 0.5) is 4.39 Å². The summed E-state index contributed by atoms with van der Waals surface area (Å²) in [6.07, 6.45) is 3.76. The fraction of sp³-hybridized carbons (Fsp3) is 0.240. The number of amides is 1. The average molecular weight is 471 g/mol. The molecule has 0 radical (unpaired) electrons. The standard InChI is InChI=1S/C25H21Cl2FN2O2/c1-32-17-6-2-14(3-7-17)24-23-18(19-13-16(26)5-9-22(19)29-23)10-11-30(24)25(31)15-4-8-21(28)20(27)12-15/h2-9,13,15,24,29H,10-12H2,1H3. The largest absolute Gasteiger partial charge is 0.497 e. The van der Waals surface area contributed by atoms with Crippen LogP contribution < -0.4 is 4.74 Å². The van der Waals surface area contributed by atoms with E-state index in [1.54, 1.807) is 13.2 Å². The van der Waals surface area contributed by atoms with Crippen LogP contribution in [-0.4, -0.2) is 29.4 Å². The minimum atomic E-state index is -0.497. The summed E-state index contributed by atoms with van der Waals surface area (Å²) in [4.78, 5) is 19.0. The third-order valence-electron chi connectivity index (χ3n) is 6.25. The van der Waals surface area contributed by atoms with Gasteiger partial charge in [0.1, 0.15) is 11.6 Å². The Morgan fingerprint density at radius 3 is 2.69 bits per heavy atom. The number of aromatic nitrogens is 1. The maximum Gasteiger partial charge on any atom is 0.230 e. The number of hydrogen-bond acceptors (Lipinski definition) is 2. The number of carbonyl (C=O) groups excluding carboxylic acids is 1. The molecule has 7 heteroatoms. The van der Waals surface area contributed by atoms with Crippen molar-refractivity contribution in [2.45, 2.75) is 18.9 Å². The van der Waals surface area contributed by atoms with Gasteiger partial charge in [-0.05, 0) is 54.0 Å². The number of methoxy groups -OCH3 is 1. The van der Waals surface area contributed by atoms with E-state index in [0.29, 0.717) is 18.0 Å². The van der Waals surface area contributed by atoms with E-state index < -0.39 is 11.7 Å². The van der Waals surface area contributed by atoms with Gasteiger partial charge in [-0.15, -0.1) is 0 Å². The van der Waals surface area contributed by atoms with Crippen LogP contribution in [0.1, 0.15) is 29.3 Å². The molecule has 0 saturated heterocycles. The Labute approximate surface area is 195 Å². The predicted octanol–water partition coefficient (Wildman–Crippen LogP) is 6.30. The summed E-state index contributed by atoms with van der Waals surface area (Å²) in [5, 5.41) is 1.84. The molecular formula is C25H21Cl2FN2O2. The molecule has 4 nitrogen and oxygen atoms in total. The molecule has 0 fully saturated rings. The molecule has 0 saturated carbocycles. The van der Waals surface area contributed by atoms with Gasteiger partial charge in [-0.1, -0.05) is 41.4 Å². The van der Waals surface area contributed by atoms with Gasteiger partial charge in [-0.2, -0.15) is 0 Å². The summed E-state index contributed by atoms with van der Waals surface area (Å²) >= 11 is 12.3. The average Bonchev–Trinajstić information content (AvgIpc) is 3.17. The molecule has 5 rings (SSSR count). The summed E-state index contributed by atoms with van der Waals surface area (Å²) in [7, 11) is 1.62. The molecule has 0 bridgehead atoms. The second kappa shape index (κ2) is 8.30. The molecule has 2 atom stereocenters. The number of H-pyrrole nitrogens is 1. The van der Waals surface area contributed by atoms with Gasteiger partial charge >= 0.3 is 0 Å². The number of fused-ring (bicyclic) bond motifs is 3. The Balaban J connectivity index is 1.60. The van der Waals surface area contributed by atoms with E-state index in [4.69, 9.17) is 27.9 Å². The van der Waals surface area contributed by atoms with Gasteiger partial charge in [-0.25, -0.2) is 4.39 Å². The van der Waals surface area contributed by atoms with Gasteiger partial charge < -0.3 is 14.6 Å². The Morgan fingerprint density at radius 2 is 1.97 bits per heavy atom. The van der Waals surface area contributed by atoms with Crippen LogP contribution in [0.5, 0.6) is 5.75 Å². The molecule has 2 heterocycles. The monoisotopic (exact) mass is 470 g/mol. The van der Waals surface area contributed by atoms with E-state index in [2.05, 4.69) is 4.98 Å². The predicted molar refractivity (Wildman–Crippen MR) is 125 cm³/mol. The summed E-state index contributed by atoms with van der Waals surface area (Å²) in [6.45, 7) is 0.538. The zero-order chi connectivity index (χ0) is 22.4. The van der Waals surface area contributed by atoms with Crippen molar-refractivity contribution in [3.8, 4) is 5.75 Å². The Morgan fingerprint density at radius 1 is 1.19 bits per heavy atom. The molecule has 2 aliphatic rings. The minimum Gasteiger partial charge on any atom is -0.497 e. The van der Waals surface area contributed by atoms with Gasteiger partial charge in [0.15, 0.2) is 0 Å². The lowest BCUT2D eigenvalue weighted by Gasteiger charge is -2.38. The second-order valence-electron chi connectivity index (χ2n) is 8.09. The van der Waals surface area contributed by atoms with Crippen LogP contribution >= 0.6 is 23.2 Å². The highest BCUT2D eigenvalue weighted by molar-refractivity contribution is 6.31. The zero-order valence-corrected chi connectivity index (χ0v) is 18.9. The van der Waals surface area contributed by atoms with Gasteiger partial charge in [0.2, 0.25) is 5.91 Å². The highest BCUT2D eigenvalue weighted by Crippen LogP contribution is 2.41. The highest BCUT2D eigenvalue weighted by Gasteiger charge is 2.37. The van der Waals surface area contributed by atoms with Crippen molar-refractivity contribution in [2.24, 2.45) is 5.92 Å². The first-order valence-electron chi connectivity index (χ1n) is 10.4. The fourth-order valence-electron chi connectivity index (χ4n) is 4.66. The van der Waals surface area contributed by atoms with Crippen molar-refractivity contribution < 1.29 is 13.9 Å². The number of aromatic amines is 1. The first kappa shape index (κ1) is 21.1. The molecule has 3 aromatic rings. The minimum absolute atomic E-state index is 0.0740. The maximum atomic E-state index is 13.7. The summed E-state index contributed by atoms with van der Waals surface area (Å²) < 4.78 is 19.0. The van der Waals surface area contributed by atoms with Crippen LogP contribution in [0.2, 0.25) is 5.02 Å². The lowest BCUT2D eigenvalue weighted by molar-refractivity contribution is -0.136. The summed E-state index contributed by atoms with van der Waals surface area (Å²) in [6, 6.07) is 13.2. The Bertz CT molecular complexity index is 1260. The van der Waals surface area contributed by atoms with Crippen molar-refractivity contribution >= 4 is 40.0 Å². The summed E-state index contributed by atoms with van der Waals surface area (Å²) in [5.41, 5.74) is 4.08. The van der Waals surface area contributed by atoms with Crippen LogP contribution in [-0.2, 0) is 11.2 Å². The molecule has 0 spiro atoms. The molecule has 164 valence electrons. The highest BCUT2D eigenvalue weighted by atomic mass is 35.5. The third kappa shape index (κ3) is 3.59. The molecule has 1 N–H and O–H groups in total. The maximum absolute atomic E-state index is 13.7. The molecule has 1 amide bonds. The smallest absolute Gasteiger partial charge is 0.230 e. The van der Waals surface area contributed by atoms with E-state index in [1.165, 1.54) is 6.08 Å². The molecule has 32 heavy (non-hydrogen) atoms. The molecular weight excluding hydrogens is 450 g/mol. The van der Waals surface area contributed by atoms with Crippen molar-refractivity contribution in [3.63, 3.8) is 0 Å². The van der Waals surface area contributed by atoms with Crippen LogP contribution in [0, 0.1) is 5.92 Å². The van der Waals surface area contributed by atoms with Gasteiger partial charge in [0.05, 0.1) is 24.1 Å². The quantitative estimate of drug-likeness (QED) is 0.487. The Hall–Kier alpha value is -2.76. The lowest BCUT2D eigenvalue weighted by Crippen LogP contribution is -2.43. The SMILES string of the molecule is COc1ccc(C2c3[nH]c4ccc(Cl)cc4c3CCN2C(=O)C2C=CC(F)=C(Cl)C2)cc1. The number of nitrogens with zero attached hydrogens (tertiary/aromatic N) is 1. The Kier molecular flexibility index (Phi) is 5.48. The molecule has 1 aliphatic carbocycles. The van der Waals surface area contributed by atoms with Crippen molar-refractivity contribution in [1.29, 1.82) is 0 Å². The van der Waals surface area contributed by atoms with Crippen molar-refractivity contribution in [2.75, 3.05) is 13.7 Å². The molecule has 2 aromatic carbocycles. The van der Waals surface area contributed by atoms with Crippen molar-refractivity contribution in [1.82, 2.24) is 9.88 Å². The van der Waals surface area contributed by atoms with E-state index in [-0.39, 0.29) is 23.4 Å². The van der Waals surface area contributed by atoms with E-state index >= 15 is 0 Å². The third-order valence-corrected chi connectivity index (χ3v) is 6.82. The van der Waals surface area contributed by atoms with E-state index in [1.807, 2.05) is 47.4 Å². The first-order chi connectivity index (χ1) is 15.5.